The van der Waals surface area contributed by atoms with Crippen molar-refractivity contribution in [3.63, 3.8) is 0 Å². The topological polar surface area (TPSA) is 26.3 Å². The zero-order valence-corrected chi connectivity index (χ0v) is 10.2. The van der Waals surface area contributed by atoms with Gasteiger partial charge in [0, 0.05) is 12.3 Å². The molecule has 86 valence electrons. The predicted octanol–water partition coefficient (Wildman–Crippen LogP) is 3.34. The number of hydrogen-bond acceptors (Lipinski definition) is 2. The van der Waals surface area contributed by atoms with Gasteiger partial charge in [-0.15, -0.1) is 0 Å². The lowest BCUT2D eigenvalue weighted by Crippen LogP contribution is -2.09. The molecular weight excluding hydrogens is 188 g/mol. The van der Waals surface area contributed by atoms with Gasteiger partial charge in [0.2, 0.25) is 0 Å². The van der Waals surface area contributed by atoms with E-state index in [0.717, 1.165) is 0 Å². The lowest BCUT2D eigenvalue weighted by atomic mass is 10.1. The maximum atomic E-state index is 10.9. The lowest BCUT2D eigenvalue weighted by molar-refractivity contribution is -0.144. The van der Waals surface area contributed by atoms with Gasteiger partial charge in [-0.05, 0) is 5.92 Å². The fourth-order valence-electron chi connectivity index (χ4n) is 0.922. The van der Waals surface area contributed by atoms with Crippen molar-refractivity contribution >= 4 is 5.97 Å². The van der Waals surface area contributed by atoms with Crippen LogP contribution < -0.4 is 0 Å². The van der Waals surface area contributed by atoms with E-state index in [0.29, 0.717) is 18.9 Å². The molecule has 0 saturated carbocycles. The molecule has 0 spiro atoms. The molecule has 2 nitrogen and oxygen atoms in total. The monoisotopic (exact) mass is 210 g/mol. The molecular formula is C13H22O2. The number of rotatable bonds is 6. The van der Waals surface area contributed by atoms with Crippen molar-refractivity contribution in [3.05, 3.63) is 24.3 Å². The smallest absolute Gasteiger partial charge is 0.305 e. The zero-order valence-electron chi connectivity index (χ0n) is 10.2. The van der Waals surface area contributed by atoms with E-state index in [4.69, 9.17) is 4.74 Å². The molecule has 0 aromatic rings. The molecule has 0 amide bonds. The van der Waals surface area contributed by atoms with Gasteiger partial charge < -0.3 is 4.74 Å². The van der Waals surface area contributed by atoms with E-state index in [1.807, 2.05) is 25.2 Å². The molecule has 0 bridgehead atoms. The van der Waals surface area contributed by atoms with E-state index in [-0.39, 0.29) is 11.9 Å². The number of ether oxygens (including phenoxy) is 1. The first kappa shape index (κ1) is 13.9. The molecule has 0 N–H and O–H groups in total. The van der Waals surface area contributed by atoms with Gasteiger partial charge in [0.25, 0.3) is 0 Å². The summed E-state index contributed by atoms with van der Waals surface area (Å²) in [6.07, 6.45) is 8.65. The minimum Gasteiger partial charge on any atom is -0.465 e. The van der Waals surface area contributed by atoms with Crippen LogP contribution in [0.3, 0.4) is 0 Å². The van der Waals surface area contributed by atoms with Gasteiger partial charge in [0.05, 0.1) is 6.61 Å². The van der Waals surface area contributed by atoms with Crippen molar-refractivity contribution in [2.75, 3.05) is 6.61 Å². The standard InChI is InChI=1S/C13H22O2/c1-5-13(14)15-10-12(4)9-7-6-8-11(2)3/h6-9,11-12H,5,10H2,1-4H3/b8-6+,9-7+. The molecule has 0 saturated heterocycles. The van der Waals surface area contributed by atoms with Crippen LogP contribution in [0.25, 0.3) is 0 Å². The van der Waals surface area contributed by atoms with Gasteiger partial charge in [-0.3, -0.25) is 4.79 Å². The van der Waals surface area contributed by atoms with Crippen molar-refractivity contribution in [3.8, 4) is 0 Å². The Kier molecular flexibility index (Phi) is 7.69. The maximum absolute atomic E-state index is 10.9. The third-order valence-corrected chi connectivity index (χ3v) is 1.84. The number of esters is 1. The largest absolute Gasteiger partial charge is 0.465 e. The molecule has 0 fully saturated rings. The first-order valence-corrected chi connectivity index (χ1v) is 5.56. The highest BCUT2D eigenvalue weighted by Crippen LogP contribution is 2.00. The van der Waals surface area contributed by atoms with Crippen LogP contribution in [0.1, 0.15) is 34.1 Å². The van der Waals surface area contributed by atoms with E-state index in [1.54, 1.807) is 6.92 Å². The van der Waals surface area contributed by atoms with Crippen LogP contribution in [0, 0.1) is 11.8 Å². The second kappa shape index (κ2) is 8.27. The quantitative estimate of drug-likeness (QED) is 0.496. The summed E-state index contributed by atoms with van der Waals surface area (Å²) in [5.74, 6) is 0.716. The molecule has 0 rings (SSSR count). The minimum atomic E-state index is -0.132. The van der Waals surface area contributed by atoms with Gasteiger partial charge in [-0.2, -0.15) is 0 Å². The van der Waals surface area contributed by atoms with Crippen molar-refractivity contribution in [1.29, 1.82) is 0 Å². The normalized spacial score (nSPS) is 13.9. The maximum Gasteiger partial charge on any atom is 0.305 e. The van der Waals surface area contributed by atoms with E-state index < -0.39 is 0 Å². The van der Waals surface area contributed by atoms with Crippen LogP contribution in [-0.2, 0) is 9.53 Å². The summed E-state index contributed by atoms with van der Waals surface area (Å²) >= 11 is 0. The van der Waals surface area contributed by atoms with E-state index >= 15 is 0 Å². The highest BCUT2D eigenvalue weighted by Gasteiger charge is 2.01. The molecule has 0 aromatic carbocycles. The Labute approximate surface area is 93.0 Å². The van der Waals surface area contributed by atoms with Gasteiger partial charge in [0.15, 0.2) is 0 Å². The Hall–Kier alpha value is -1.05. The summed E-state index contributed by atoms with van der Waals surface area (Å²) in [7, 11) is 0. The van der Waals surface area contributed by atoms with Crippen LogP contribution in [0.5, 0.6) is 0 Å². The fraction of sp³-hybridized carbons (Fsp3) is 0.615. The molecule has 0 aliphatic heterocycles. The van der Waals surface area contributed by atoms with E-state index in [9.17, 15) is 4.79 Å². The van der Waals surface area contributed by atoms with Crippen LogP contribution in [0.4, 0.5) is 0 Å². The van der Waals surface area contributed by atoms with Crippen LogP contribution in [-0.4, -0.2) is 12.6 Å². The SMILES string of the molecule is CCC(=O)OCC(C)/C=C/C=C/C(C)C. The van der Waals surface area contributed by atoms with E-state index in [2.05, 4.69) is 19.9 Å². The highest BCUT2D eigenvalue weighted by molar-refractivity contribution is 5.68. The summed E-state index contributed by atoms with van der Waals surface area (Å²) in [5.41, 5.74) is 0. The molecule has 0 aromatic heterocycles. The highest BCUT2D eigenvalue weighted by atomic mass is 16.5. The Morgan fingerprint density at radius 3 is 2.33 bits per heavy atom. The van der Waals surface area contributed by atoms with Crippen molar-refractivity contribution < 1.29 is 9.53 Å². The number of hydrogen-bond donors (Lipinski definition) is 0. The Balaban J connectivity index is 3.73. The first-order valence-electron chi connectivity index (χ1n) is 5.56. The third-order valence-electron chi connectivity index (χ3n) is 1.84. The van der Waals surface area contributed by atoms with Gasteiger partial charge in [-0.25, -0.2) is 0 Å². The predicted molar refractivity (Wildman–Crippen MR) is 63.5 cm³/mol. The van der Waals surface area contributed by atoms with Crippen molar-refractivity contribution in [1.82, 2.24) is 0 Å². The Morgan fingerprint density at radius 2 is 1.80 bits per heavy atom. The third kappa shape index (κ3) is 9.26. The Morgan fingerprint density at radius 1 is 1.20 bits per heavy atom. The average Bonchev–Trinajstić information content (AvgIpc) is 2.20. The average molecular weight is 210 g/mol. The molecule has 0 aliphatic carbocycles. The molecule has 1 atom stereocenters. The molecule has 1 unspecified atom stereocenters. The fourth-order valence-corrected chi connectivity index (χ4v) is 0.922. The first-order chi connectivity index (χ1) is 7.06. The molecule has 2 heteroatoms. The van der Waals surface area contributed by atoms with Crippen LogP contribution in [0.15, 0.2) is 24.3 Å². The second-order valence-corrected chi connectivity index (χ2v) is 4.03. The minimum absolute atomic E-state index is 0.132. The van der Waals surface area contributed by atoms with Crippen LogP contribution in [0.2, 0.25) is 0 Å². The summed E-state index contributed by atoms with van der Waals surface area (Å²) in [6, 6.07) is 0. The number of carbonyl (C=O) groups is 1. The van der Waals surface area contributed by atoms with Crippen LogP contribution >= 0.6 is 0 Å². The molecule has 0 radical (unpaired) electrons. The second-order valence-electron chi connectivity index (χ2n) is 4.03. The summed E-state index contributed by atoms with van der Waals surface area (Å²) in [6.45, 7) is 8.57. The van der Waals surface area contributed by atoms with E-state index in [1.165, 1.54) is 0 Å². The molecule has 0 heterocycles. The van der Waals surface area contributed by atoms with Gasteiger partial charge >= 0.3 is 5.97 Å². The number of allylic oxidation sites excluding steroid dienone is 3. The van der Waals surface area contributed by atoms with Crippen molar-refractivity contribution in [2.45, 2.75) is 34.1 Å². The molecule has 0 aliphatic rings. The van der Waals surface area contributed by atoms with Crippen molar-refractivity contribution in [2.24, 2.45) is 11.8 Å². The lowest BCUT2D eigenvalue weighted by Gasteiger charge is -2.06. The molecule has 15 heavy (non-hydrogen) atoms. The summed E-state index contributed by atoms with van der Waals surface area (Å²) < 4.78 is 5.02. The zero-order chi connectivity index (χ0) is 11.7. The number of carbonyl (C=O) groups excluding carboxylic acids is 1. The summed E-state index contributed by atoms with van der Waals surface area (Å²) in [4.78, 5) is 10.9. The Bertz CT molecular complexity index is 227. The van der Waals surface area contributed by atoms with Gasteiger partial charge in [0.1, 0.15) is 0 Å². The summed E-state index contributed by atoms with van der Waals surface area (Å²) in [5, 5.41) is 0. The van der Waals surface area contributed by atoms with Gasteiger partial charge in [-0.1, -0.05) is 52.0 Å².